The van der Waals surface area contributed by atoms with Gasteiger partial charge in [-0.25, -0.2) is 0 Å². The molecule has 0 aliphatic carbocycles. The monoisotopic (exact) mass is 422 g/mol. The van der Waals surface area contributed by atoms with Crippen LogP contribution >= 0.6 is 0 Å². The van der Waals surface area contributed by atoms with Crippen LogP contribution in [-0.2, 0) is 4.79 Å². The van der Waals surface area contributed by atoms with Gasteiger partial charge in [0, 0.05) is 0 Å². The minimum atomic E-state index is -1.18. The van der Waals surface area contributed by atoms with Crippen molar-refractivity contribution in [2.24, 2.45) is 11.5 Å². The zero-order valence-electron chi connectivity index (χ0n) is 18.2. The van der Waals surface area contributed by atoms with E-state index in [0.717, 1.165) is 12.8 Å². The second-order valence-electron chi connectivity index (χ2n) is 7.71. The molecule has 0 aromatic carbocycles. The summed E-state index contributed by atoms with van der Waals surface area (Å²) in [6.45, 7) is 1.45. The smallest absolute Gasteiger partial charge is 0.322 e. The molecule has 0 aromatic rings. The summed E-state index contributed by atoms with van der Waals surface area (Å²) in [7, 11) is 0. The first-order valence-corrected chi connectivity index (χ1v) is 11.1. The van der Waals surface area contributed by atoms with Crippen LogP contribution in [0.2, 0.25) is 0 Å². The van der Waals surface area contributed by atoms with E-state index in [1.54, 1.807) is 0 Å². The minimum Gasteiger partial charge on any atom is -0.480 e. The Kier molecular flexibility index (Phi) is 23.0. The van der Waals surface area contributed by atoms with Crippen molar-refractivity contribution in [3.05, 3.63) is 0 Å². The van der Waals surface area contributed by atoms with E-state index in [1.165, 1.54) is 64.2 Å². The summed E-state index contributed by atoms with van der Waals surface area (Å²) in [6, 6.07) is -1.87. The lowest BCUT2D eigenvalue weighted by atomic mass is 10.00. The van der Waals surface area contributed by atoms with E-state index in [-0.39, 0.29) is 6.61 Å². The van der Waals surface area contributed by atoms with E-state index >= 15 is 0 Å². The van der Waals surface area contributed by atoms with E-state index in [0.29, 0.717) is 6.42 Å². The zero-order valence-corrected chi connectivity index (χ0v) is 18.2. The maximum absolute atomic E-state index is 9.74. The van der Waals surface area contributed by atoms with Crippen LogP contribution in [0.3, 0.4) is 0 Å². The number of aliphatic hydroxyl groups is 4. The number of unbranched alkanes of at least 4 members (excludes halogenated alkanes) is 11. The van der Waals surface area contributed by atoms with Gasteiger partial charge < -0.3 is 37.0 Å². The predicted molar refractivity (Wildman–Crippen MR) is 115 cm³/mol. The number of rotatable bonds is 18. The molecule has 0 aliphatic heterocycles. The third-order valence-corrected chi connectivity index (χ3v) is 4.91. The Hall–Kier alpha value is -0.770. The van der Waals surface area contributed by atoms with Crippen molar-refractivity contribution in [2.75, 3.05) is 13.2 Å². The molecule has 8 nitrogen and oxygen atoms in total. The Morgan fingerprint density at radius 2 is 1.17 bits per heavy atom. The Labute approximate surface area is 176 Å². The molecule has 176 valence electrons. The Morgan fingerprint density at radius 3 is 1.48 bits per heavy atom. The van der Waals surface area contributed by atoms with Gasteiger partial charge in [0.1, 0.15) is 6.04 Å². The molecular formula is C21H46N2O6. The van der Waals surface area contributed by atoms with Gasteiger partial charge in [0.25, 0.3) is 0 Å². The molecule has 9 N–H and O–H groups in total. The van der Waals surface area contributed by atoms with Gasteiger partial charge in [-0.2, -0.15) is 0 Å². The molecule has 4 atom stereocenters. The number of nitrogens with two attached hydrogens (primary N) is 2. The van der Waals surface area contributed by atoms with Gasteiger partial charge in [0.15, 0.2) is 0 Å². The maximum atomic E-state index is 9.74. The highest BCUT2D eigenvalue weighted by Gasteiger charge is 2.22. The molecular weight excluding hydrogens is 376 g/mol. The molecule has 29 heavy (non-hydrogen) atoms. The van der Waals surface area contributed by atoms with Gasteiger partial charge >= 0.3 is 5.97 Å². The second kappa shape index (κ2) is 21.9. The molecule has 0 aliphatic rings. The first-order valence-electron chi connectivity index (χ1n) is 11.1. The lowest BCUT2D eigenvalue weighted by molar-refractivity contribution is -0.139. The molecule has 8 heteroatoms. The normalized spacial score (nSPS) is 15.1. The van der Waals surface area contributed by atoms with Crippen LogP contribution in [0.4, 0.5) is 0 Å². The highest BCUT2D eigenvalue weighted by molar-refractivity contribution is 5.73. The van der Waals surface area contributed by atoms with Crippen molar-refractivity contribution in [2.45, 2.75) is 115 Å². The fourth-order valence-corrected chi connectivity index (χ4v) is 2.84. The number of carboxylic acid groups (broad SMARTS) is 1. The Morgan fingerprint density at radius 1 is 0.759 bits per heavy atom. The van der Waals surface area contributed by atoms with Gasteiger partial charge in [-0.15, -0.1) is 0 Å². The largest absolute Gasteiger partial charge is 0.480 e. The lowest BCUT2D eigenvalue weighted by Gasteiger charge is -2.22. The molecule has 0 saturated heterocycles. The van der Waals surface area contributed by atoms with Crippen molar-refractivity contribution in [1.29, 1.82) is 0 Å². The standard InChI is InChI=1S/C18H39NO3.C3H7NO3/c1-2-3-4-5-6-7-8-9-10-11-12-13-14-17(21)18(22)16(19)15-20;4-2(1-5)3(6)7/h16-18,20-22H,2-15,19H2,1H3;2,5H,1,4H2,(H,6,7). The van der Waals surface area contributed by atoms with Crippen LogP contribution in [0.15, 0.2) is 0 Å². The number of carbonyl (C=O) groups is 1. The summed E-state index contributed by atoms with van der Waals surface area (Å²) in [5, 5.41) is 44.1. The third kappa shape index (κ3) is 20.3. The van der Waals surface area contributed by atoms with E-state index in [9.17, 15) is 15.0 Å². The SMILES string of the molecule is CCCCCCCCCCCCCCC(O)C(O)C(N)CO.NC(CO)C(=O)O. The van der Waals surface area contributed by atoms with Crippen LogP contribution in [0, 0.1) is 0 Å². The third-order valence-electron chi connectivity index (χ3n) is 4.91. The summed E-state index contributed by atoms with van der Waals surface area (Å²) in [4.78, 5) is 9.65. The molecule has 0 heterocycles. The van der Waals surface area contributed by atoms with Gasteiger partial charge in [-0.1, -0.05) is 84.0 Å². The predicted octanol–water partition coefficient (Wildman–Crippen LogP) is 1.51. The van der Waals surface area contributed by atoms with Gasteiger partial charge in [0.05, 0.1) is 31.5 Å². The quantitative estimate of drug-likeness (QED) is 0.163. The molecule has 0 aromatic heterocycles. The average Bonchev–Trinajstić information content (AvgIpc) is 2.72. The van der Waals surface area contributed by atoms with E-state index in [1.807, 2.05) is 0 Å². The first kappa shape index (κ1) is 30.4. The highest BCUT2D eigenvalue weighted by atomic mass is 16.4. The molecule has 4 unspecified atom stereocenters. The molecule has 0 rings (SSSR count). The van der Waals surface area contributed by atoms with Crippen molar-refractivity contribution >= 4 is 5.97 Å². The van der Waals surface area contributed by atoms with Gasteiger partial charge in [0.2, 0.25) is 0 Å². The van der Waals surface area contributed by atoms with E-state index in [2.05, 4.69) is 6.92 Å². The fourth-order valence-electron chi connectivity index (χ4n) is 2.84. The second-order valence-corrected chi connectivity index (χ2v) is 7.71. The summed E-state index contributed by atoms with van der Waals surface area (Å²) >= 11 is 0. The first-order chi connectivity index (χ1) is 13.8. The van der Waals surface area contributed by atoms with Crippen LogP contribution < -0.4 is 11.5 Å². The summed E-state index contributed by atoms with van der Waals surface area (Å²) in [6.07, 6.45) is 14.1. The maximum Gasteiger partial charge on any atom is 0.322 e. The molecule has 0 bridgehead atoms. The minimum absolute atomic E-state index is 0.295. The zero-order chi connectivity index (χ0) is 22.5. The topological polar surface area (TPSA) is 170 Å². The number of hydrogen-bond donors (Lipinski definition) is 7. The highest BCUT2D eigenvalue weighted by Crippen LogP contribution is 2.14. The van der Waals surface area contributed by atoms with Crippen LogP contribution in [0.25, 0.3) is 0 Å². The van der Waals surface area contributed by atoms with Crippen molar-refractivity contribution < 1.29 is 30.3 Å². The van der Waals surface area contributed by atoms with E-state index in [4.69, 9.17) is 26.8 Å². The summed E-state index contributed by atoms with van der Waals surface area (Å²) in [5.74, 6) is -1.18. The van der Waals surface area contributed by atoms with Gasteiger partial charge in [-0.3, -0.25) is 4.79 Å². The molecule has 0 amide bonds. The Balaban J connectivity index is 0. The van der Waals surface area contributed by atoms with E-state index < -0.39 is 36.9 Å². The lowest BCUT2D eigenvalue weighted by Crippen LogP contribution is -2.45. The van der Waals surface area contributed by atoms with Gasteiger partial charge in [-0.05, 0) is 6.42 Å². The molecule has 0 saturated carbocycles. The Bertz CT molecular complexity index is 360. The number of aliphatic hydroxyl groups excluding tert-OH is 4. The van der Waals surface area contributed by atoms with Crippen molar-refractivity contribution in [3.8, 4) is 0 Å². The number of hydrogen-bond acceptors (Lipinski definition) is 7. The van der Waals surface area contributed by atoms with Crippen LogP contribution in [0.1, 0.15) is 90.4 Å². The number of carboxylic acids is 1. The summed E-state index contributed by atoms with van der Waals surface area (Å²) < 4.78 is 0. The fraction of sp³-hybridized carbons (Fsp3) is 0.952. The van der Waals surface area contributed by atoms with Crippen LogP contribution in [0.5, 0.6) is 0 Å². The average molecular weight is 423 g/mol. The van der Waals surface area contributed by atoms with Crippen molar-refractivity contribution in [3.63, 3.8) is 0 Å². The number of aliphatic carboxylic acids is 1. The van der Waals surface area contributed by atoms with Crippen molar-refractivity contribution in [1.82, 2.24) is 0 Å². The molecule has 0 fully saturated rings. The van der Waals surface area contributed by atoms with Crippen LogP contribution in [-0.4, -0.2) is 69.0 Å². The molecule has 0 spiro atoms. The molecule has 0 radical (unpaired) electrons. The summed E-state index contributed by atoms with van der Waals surface area (Å²) in [5.41, 5.74) is 10.3.